The molecule has 0 aliphatic rings. The third-order valence-corrected chi connectivity index (χ3v) is 4.11. The van der Waals surface area contributed by atoms with Crippen LogP contribution in [0.4, 0.5) is 11.5 Å². The van der Waals surface area contributed by atoms with Gasteiger partial charge < -0.3 is 10.3 Å². The van der Waals surface area contributed by atoms with Crippen molar-refractivity contribution in [3.8, 4) is 0 Å². The summed E-state index contributed by atoms with van der Waals surface area (Å²) in [7, 11) is -3.28. The number of fused-ring (bicyclic) bond motifs is 1. The van der Waals surface area contributed by atoms with Crippen molar-refractivity contribution in [1.82, 2.24) is 9.97 Å². The molecule has 0 aliphatic carbocycles. The van der Waals surface area contributed by atoms with Gasteiger partial charge in [-0.15, -0.1) is 0 Å². The molecule has 0 bridgehead atoms. The minimum atomic E-state index is -3.28. The Labute approximate surface area is 116 Å². The van der Waals surface area contributed by atoms with E-state index in [0.717, 1.165) is 11.0 Å². The van der Waals surface area contributed by atoms with Gasteiger partial charge in [0.15, 0.2) is 9.84 Å². The third-order valence-electron chi connectivity index (χ3n) is 2.96. The van der Waals surface area contributed by atoms with Gasteiger partial charge in [0.2, 0.25) is 0 Å². The summed E-state index contributed by atoms with van der Waals surface area (Å²) < 4.78 is 23.5. The SMILES string of the molecule is CS(=O)(=O)c1ccccc1Nc1ccc2cc[nH]c2n1. The topological polar surface area (TPSA) is 74.8 Å². The minimum absolute atomic E-state index is 0.258. The van der Waals surface area contributed by atoms with Crippen LogP contribution < -0.4 is 5.32 Å². The van der Waals surface area contributed by atoms with Crippen LogP contribution in [-0.2, 0) is 9.84 Å². The summed E-state index contributed by atoms with van der Waals surface area (Å²) in [4.78, 5) is 7.67. The van der Waals surface area contributed by atoms with E-state index in [-0.39, 0.29) is 4.90 Å². The molecule has 0 fully saturated rings. The molecule has 0 atom stereocenters. The van der Waals surface area contributed by atoms with E-state index in [4.69, 9.17) is 0 Å². The largest absolute Gasteiger partial charge is 0.346 e. The molecule has 3 rings (SSSR count). The standard InChI is InChI=1S/C14H13N3O2S/c1-20(18,19)12-5-3-2-4-11(12)16-13-7-6-10-8-9-15-14(10)17-13/h2-9H,1H3,(H2,15,16,17). The number of H-pyrrole nitrogens is 1. The van der Waals surface area contributed by atoms with E-state index in [9.17, 15) is 8.42 Å². The number of sulfone groups is 1. The number of pyridine rings is 1. The Bertz CT molecular complexity index is 869. The van der Waals surface area contributed by atoms with Crippen molar-refractivity contribution in [3.63, 3.8) is 0 Å². The number of hydrogen-bond donors (Lipinski definition) is 2. The molecule has 2 heterocycles. The van der Waals surface area contributed by atoms with Crippen molar-refractivity contribution in [1.29, 1.82) is 0 Å². The zero-order valence-electron chi connectivity index (χ0n) is 10.8. The third kappa shape index (κ3) is 2.37. The second-order valence-electron chi connectivity index (χ2n) is 4.51. The van der Waals surface area contributed by atoms with E-state index < -0.39 is 9.84 Å². The summed E-state index contributed by atoms with van der Waals surface area (Å²) in [5.41, 5.74) is 1.28. The normalized spacial score (nSPS) is 11.7. The highest BCUT2D eigenvalue weighted by molar-refractivity contribution is 7.90. The van der Waals surface area contributed by atoms with Gasteiger partial charge in [-0.05, 0) is 30.3 Å². The molecular weight excluding hydrogens is 274 g/mol. The van der Waals surface area contributed by atoms with Gasteiger partial charge in [0.1, 0.15) is 11.5 Å². The Morgan fingerprint density at radius 2 is 1.90 bits per heavy atom. The number of aromatic nitrogens is 2. The van der Waals surface area contributed by atoms with Crippen molar-refractivity contribution in [3.05, 3.63) is 48.7 Å². The smallest absolute Gasteiger partial charge is 0.177 e. The predicted octanol–water partition coefficient (Wildman–Crippen LogP) is 2.71. The van der Waals surface area contributed by atoms with Crippen LogP contribution in [-0.4, -0.2) is 24.6 Å². The fourth-order valence-electron chi connectivity index (χ4n) is 2.03. The van der Waals surface area contributed by atoms with Crippen LogP contribution in [0.15, 0.2) is 53.6 Å². The summed E-state index contributed by atoms with van der Waals surface area (Å²) in [6, 6.07) is 12.4. The first-order chi connectivity index (χ1) is 9.54. The van der Waals surface area contributed by atoms with Gasteiger partial charge in [-0.3, -0.25) is 0 Å². The fourth-order valence-corrected chi connectivity index (χ4v) is 2.88. The number of para-hydroxylation sites is 1. The van der Waals surface area contributed by atoms with E-state index in [2.05, 4.69) is 15.3 Å². The minimum Gasteiger partial charge on any atom is -0.346 e. The molecule has 0 radical (unpaired) electrons. The highest BCUT2D eigenvalue weighted by Gasteiger charge is 2.12. The second kappa shape index (κ2) is 4.64. The van der Waals surface area contributed by atoms with Crippen LogP contribution in [0, 0.1) is 0 Å². The number of nitrogens with zero attached hydrogens (tertiary/aromatic N) is 1. The Morgan fingerprint density at radius 1 is 1.10 bits per heavy atom. The monoisotopic (exact) mass is 287 g/mol. The molecule has 6 heteroatoms. The Hall–Kier alpha value is -2.34. The van der Waals surface area contributed by atoms with Crippen LogP contribution in [0.1, 0.15) is 0 Å². The lowest BCUT2D eigenvalue weighted by Crippen LogP contribution is -2.03. The van der Waals surface area contributed by atoms with Crippen molar-refractivity contribution in [2.75, 3.05) is 11.6 Å². The van der Waals surface area contributed by atoms with Gasteiger partial charge in [-0.25, -0.2) is 13.4 Å². The maximum atomic E-state index is 11.7. The van der Waals surface area contributed by atoms with Crippen LogP contribution in [0.5, 0.6) is 0 Å². The number of hydrogen-bond acceptors (Lipinski definition) is 4. The summed E-state index contributed by atoms with van der Waals surface area (Å²) in [6.45, 7) is 0. The quantitative estimate of drug-likeness (QED) is 0.776. The Balaban J connectivity index is 2.02. The summed E-state index contributed by atoms with van der Waals surface area (Å²) >= 11 is 0. The molecule has 0 saturated heterocycles. The lowest BCUT2D eigenvalue weighted by Gasteiger charge is -2.10. The van der Waals surface area contributed by atoms with Gasteiger partial charge in [-0.2, -0.15) is 0 Å². The first-order valence-corrected chi connectivity index (χ1v) is 7.93. The maximum Gasteiger partial charge on any atom is 0.177 e. The molecule has 3 aromatic rings. The number of benzene rings is 1. The van der Waals surface area contributed by atoms with Gasteiger partial charge in [-0.1, -0.05) is 12.1 Å². The average Bonchev–Trinajstić information content (AvgIpc) is 2.85. The number of anilines is 2. The van der Waals surface area contributed by atoms with Crippen LogP contribution >= 0.6 is 0 Å². The lowest BCUT2D eigenvalue weighted by atomic mass is 10.3. The van der Waals surface area contributed by atoms with Crippen molar-refractivity contribution in [2.24, 2.45) is 0 Å². The first-order valence-electron chi connectivity index (χ1n) is 6.04. The van der Waals surface area contributed by atoms with Crippen molar-refractivity contribution in [2.45, 2.75) is 4.90 Å². The summed E-state index contributed by atoms with van der Waals surface area (Å²) in [5, 5.41) is 4.06. The van der Waals surface area contributed by atoms with E-state index in [0.29, 0.717) is 11.5 Å². The van der Waals surface area contributed by atoms with Gasteiger partial charge >= 0.3 is 0 Å². The molecule has 0 unspecified atom stereocenters. The molecular formula is C14H13N3O2S. The van der Waals surface area contributed by atoms with Crippen LogP contribution in [0.2, 0.25) is 0 Å². The molecule has 0 aliphatic heterocycles. The van der Waals surface area contributed by atoms with Crippen molar-refractivity contribution >= 4 is 32.4 Å². The van der Waals surface area contributed by atoms with Gasteiger partial charge in [0.25, 0.3) is 0 Å². The molecule has 20 heavy (non-hydrogen) atoms. The first kappa shape index (κ1) is 12.7. The van der Waals surface area contributed by atoms with Crippen molar-refractivity contribution < 1.29 is 8.42 Å². The van der Waals surface area contributed by atoms with Crippen LogP contribution in [0.25, 0.3) is 11.0 Å². The average molecular weight is 287 g/mol. The molecule has 102 valence electrons. The Kier molecular flexibility index (Phi) is 2.94. The second-order valence-corrected chi connectivity index (χ2v) is 6.49. The highest BCUT2D eigenvalue weighted by Crippen LogP contribution is 2.24. The molecule has 5 nitrogen and oxygen atoms in total. The van der Waals surface area contributed by atoms with Gasteiger partial charge in [0.05, 0.1) is 10.6 Å². The molecule has 0 amide bonds. The number of rotatable bonds is 3. The lowest BCUT2D eigenvalue weighted by molar-refractivity contribution is 0.602. The van der Waals surface area contributed by atoms with E-state index >= 15 is 0 Å². The van der Waals surface area contributed by atoms with Gasteiger partial charge in [0, 0.05) is 17.8 Å². The fraction of sp³-hybridized carbons (Fsp3) is 0.0714. The van der Waals surface area contributed by atoms with E-state index in [1.165, 1.54) is 6.26 Å². The zero-order chi connectivity index (χ0) is 14.2. The molecule has 2 N–H and O–H groups in total. The van der Waals surface area contributed by atoms with E-state index in [1.807, 2.05) is 24.4 Å². The Morgan fingerprint density at radius 3 is 2.70 bits per heavy atom. The maximum absolute atomic E-state index is 11.7. The molecule has 0 spiro atoms. The molecule has 0 saturated carbocycles. The number of nitrogens with one attached hydrogen (secondary N) is 2. The molecule has 1 aromatic carbocycles. The highest BCUT2D eigenvalue weighted by atomic mass is 32.2. The predicted molar refractivity (Wildman–Crippen MR) is 78.9 cm³/mol. The summed E-state index contributed by atoms with van der Waals surface area (Å²) in [5.74, 6) is 0.594. The van der Waals surface area contributed by atoms with E-state index in [1.54, 1.807) is 24.3 Å². The zero-order valence-corrected chi connectivity index (χ0v) is 11.6. The molecule has 2 aromatic heterocycles. The van der Waals surface area contributed by atoms with Crippen LogP contribution in [0.3, 0.4) is 0 Å². The number of aromatic amines is 1. The summed E-state index contributed by atoms with van der Waals surface area (Å²) in [6.07, 6.45) is 3.00.